The number of rotatable bonds is 5. The summed E-state index contributed by atoms with van der Waals surface area (Å²) in [6.45, 7) is 0. The van der Waals surface area contributed by atoms with Gasteiger partial charge in [-0.2, -0.15) is 0 Å². The molecular weight excluding hydrogens is 631 g/mol. The summed E-state index contributed by atoms with van der Waals surface area (Å²) in [6.07, 6.45) is 0. The van der Waals surface area contributed by atoms with Crippen LogP contribution < -0.4 is 0 Å². The molecule has 3 heteroatoms. The molecule has 0 aliphatic rings. The lowest BCUT2D eigenvalue weighted by Crippen LogP contribution is -1.96. The number of aromatic nitrogens is 3. The molecule has 0 spiro atoms. The first-order valence-corrected chi connectivity index (χ1v) is 17.6. The fourth-order valence-electron chi connectivity index (χ4n) is 7.58. The van der Waals surface area contributed by atoms with Crippen LogP contribution in [-0.2, 0) is 0 Å². The van der Waals surface area contributed by atoms with E-state index >= 15 is 0 Å². The number of pyridine rings is 1. The Kier molecular flexibility index (Phi) is 7.14. The van der Waals surface area contributed by atoms with E-state index in [0.717, 1.165) is 55.8 Å². The van der Waals surface area contributed by atoms with Crippen LogP contribution in [0.3, 0.4) is 0 Å². The van der Waals surface area contributed by atoms with Gasteiger partial charge in [0, 0.05) is 38.4 Å². The van der Waals surface area contributed by atoms with Gasteiger partial charge in [0.25, 0.3) is 0 Å². The Morgan fingerprint density at radius 1 is 0.269 bits per heavy atom. The number of fused-ring (bicyclic) bond motifs is 8. The molecule has 8 aromatic carbocycles. The first kappa shape index (κ1) is 29.9. The van der Waals surface area contributed by atoms with Crippen molar-refractivity contribution in [3.8, 4) is 56.3 Å². The molecule has 52 heavy (non-hydrogen) atoms. The number of para-hydroxylation sites is 1. The third-order valence-corrected chi connectivity index (χ3v) is 10.1. The van der Waals surface area contributed by atoms with Crippen LogP contribution in [0.4, 0.5) is 0 Å². The van der Waals surface area contributed by atoms with E-state index in [1.807, 2.05) is 24.3 Å². The van der Waals surface area contributed by atoms with Gasteiger partial charge in [-0.15, -0.1) is 0 Å². The molecule has 10 rings (SSSR count). The first-order valence-electron chi connectivity index (χ1n) is 17.6. The highest BCUT2D eigenvalue weighted by Gasteiger charge is 2.18. The summed E-state index contributed by atoms with van der Waals surface area (Å²) in [7, 11) is 0. The highest BCUT2D eigenvalue weighted by Crippen LogP contribution is 2.43. The average Bonchev–Trinajstić information content (AvgIpc) is 3.24. The van der Waals surface area contributed by atoms with Gasteiger partial charge in [0.1, 0.15) is 0 Å². The van der Waals surface area contributed by atoms with Gasteiger partial charge in [-0.1, -0.05) is 170 Å². The Morgan fingerprint density at radius 2 is 0.769 bits per heavy atom. The van der Waals surface area contributed by atoms with Crippen LogP contribution in [0.2, 0.25) is 0 Å². The largest absolute Gasteiger partial charge is 0.247 e. The Labute approximate surface area is 301 Å². The van der Waals surface area contributed by atoms with Gasteiger partial charge in [-0.05, 0) is 50.9 Å². The van der Waals surface area contributed by atoms with E-state index in [-0.39, 0.29) is 0 Å². The maximum Gasteiger partial charge on any atom is 0.160 e. The predicted octanol–water partition coefficient (Wildman–Crippen LogP) is 12.8. The van der Waals surface area contributed by atoms with Gasteiger partial charge in [0.05, 0.1) is 22.6 Å². The number of hydrogen-bond acceptors (Lipinski definition) is 3. The molecule has 2 aromatic heterocycles. The minimum atomic E-state index is 0.697. The molecular formula is C49H31N3. The number of hydrogen-bond donors (Lipinski definition) is 0. The lowest BCUT2D eigenvalue weighted by atomic mass is 9.90. The van der Waals surface area contributed by atoms with Crippen LogP contribution >= 0.6 is 0 Å². The molecule has 3 nitrogen and oxygen atoms in total. The van der Waals surface area contributed by atoms with Crippen molar-refractivity contribution in [3.63, 3.8) is 0 Å². The van der Waals surface area contributed by atoms with Gasteiger partial charge >= 0.3 is 0 Å². The number of nitrogens with zero attached hydrogens (tertiary/aromatic N) is 3. The lowest BCUT2D eigenvalue weighted by Gasteiger charge is -2.16. The smallest absolute Gasteiger partial charge is 0.160 e. The topological polar surface area (TPSA) is 38.7 Å². The van der Waals surface area contributed by atoms with Crippen LogP contribution in [0, 0.1) is 0 Å². The van der Waals surface area contributed by atoms with Gasteiger partial charge in [0.2, 0.25) is 0 Å². The molecule has 0 saturated heterocycles. The zero-order valence-electron chi connectivity index (χ0n) is 28.2. The van der Waals surface area contributed by atoms with Crippen molar-refractivity contribution in [2.24, 2.45) is 0 Å². The van der Waals surface area contributed by atoms with E-state index in [2.05, 4.69) is 164 Å². The molecule has 2 heterocycles. The quantitative estimate of drug-likeness (QED) is 0.172. The van der Waals surface area contributed by atoms with Crippen molar-refractivity contribution in [2.75, 3.05) is 0 Å². The minimum Gasteiger partial charge on any atom is -0.247 e. The summed E-state index contributed by atoms with van der Waals surface area (Å²) in [6, 6.07) is 66.1. The average molecular weight is 662 g/mol. The molecule has 0 N–H and O–H groups in total. The van der Waals surface area contributed by atoms with Crippen LogP contribution in [-0.4, -0.2) is 15.0 Å². The summed E-state index contributed by atoms with van der Waals surface area (Å²) in [5.41, 5.74) is 10.1. The van der Waals surface area contributed by atoms with Crippen molar-refractivity contribution in [2.45, 2.75) is 0 Å². The zero-order chi connectivity index (χ0) is 34.4. The summed E-state index contributed by atoms with van der Waals surface area (Å²) in [5.74, 6) is 0.697. The van der Waals surface area contributed by atoms with Gasteiger partial charge in [-0.25, -0.2) is 15.0 Å². The molecule has 0 radical (unpaired) electrons. The summed E-state index contributed by atoms with van der Waals surface area (Å²) in [5, 5.41) is 8.52. The standard InChI is InChI=1S/C49H31N3/c1-3-14-32(15-4-1)36-18-13-19-37(30-36)45-31-44(51-49(52-45)35-16-5-2-6-17-35)33-26-28-34(29-27-33)48-47-41-23-10-8-21-39(41)38-20-7-9-22-40(38)46(47)42-24-11-12-25-43(42)50-48/h1-31H. The molecule has 0 aliphatic carbocycles. The third-order valence-electron chi connectivity index (χ3n) is 10.1. The highest BCUT2D eigenvalue weighted by molar-refractivity contribution is 6.33. The van der Waals surface area contributed by atoms with E-state index in [4.69, 9.17) is 15.0 Å². The lowest BCUT2D eigenvalue weighted by molar-refractivity contribution is 1.18. The Balaban J connectivity index is 1.15. The van der Waals surface area contributed by atoms with E-state index in [1.165, 1.54) is 37.9 Å². The van der Waals surface area contributed by atoms with Crippen molar-refractivity contribution in [1.82, 2.24) is 15.0 Å². The molecule has 242 valence electrons. The zero-order valence-corrected chi connectivity index (χ0v) is 28.2. The molecule has 0 atom stereocenters. The second-order valence-corrected chi connectivity index (χ2v) is 13.2. The Hall–Kier alpha value is -6.97. The van der Waals surface area contributed by atoms with Crippen LogP contribution in [0.1, 0.15) is 0 Å². The second kappa shape index (κ2) is 12.4. The summed E-state index contributed by atoms with van der Waals surface area (Å²) >= 11 is 0. The second-order valence-electron chi connectivity index (χ2n) is 13.2. The fourth-order valence-corrected chi connectivity index (χ4v) is 7.58. The van der Waals surface area contributed by atoms with Gasteiger partial charge in [0.15, 0.2) is 5.82 Å². The summed E-state index contributed by atoms with van der Waals surface area (Å²) < 4.78 is 0. The van der Waals surface area contributed by atoms with Crippen molar-refractivity contribution >= 4 is 43.2 Å². The molecule has 0 bridgehead atoms. The van der Waals surface area contributed by atoms with Crippen LogP contribution in [0.15, 0.2) is 188 Å². The molecule has 0 fully saturated rings. The van der Waals surface area contributed by atoms with E-state index in [1.54, 1.807) is 0 Å². The molecule has 10 aromatic rings. The van der Waals surface area contributed by atoms with Crippen LogP contribution in [0.5, 0.6) is 0 Å². The summed E-state index contributed by atoms with van der Waals surface area (Å²) in [4.78, 5) is 15.6. The first-order chi connectivity index (χ1) is 25.8. The number of benzene rings is 8. The predicted molar refractivity (Wildman–Crippen MR) is 217 cm³/mol. The molecule has 0 saturated carbocycles. The van der Waals surface area contributed by atoms with Gasteiger partial charge < -0.3 is 0 Å². The molecule has 0 amide bonds. The van der Waals surface area contributed by atoms with Crippen molar-refractivity contribution in [1.29, 1.82) is 0 Å². The fraction of sp³-hybridized carbons (Fsp3) is 0. The van der Waals surface area contributed by atoms with Crippen LogP contribution in [0.25, 0.3) is 99.5 Å². The van der Waals surface area contributed by atoms with E-state index in [0.29, 0.717) is 5.82 Å². The Bertz CT molecular complexity index is 2930. The third kappa shape index (κ3) is 5.10. The van der Waals surface area contributed by atoms with Gasteiger partial charge in [-0.3, -0.25) is 0 Å². The molecule has 0 unspecified atom stereocenters. The maximum atomic E-state index is 5.35. The van der Waals surface area contributed by atoms with Crippen molar-refractivity contribution < 1.29 is 0 Å². The SMILES string of the molecule is c1ccc(-c2cccc(-c3cc(-c4ccc(-c5nc6ccccc6c6c7ccccc7c7ccccc7c56)cc4)nc(-c4ccccc4)n3)c2)cc1. The van der Waals surface area contributed by atoms with Crippen molar-refractivity contribution in [3.05, 3.63) is 188 Å². The Morgan fingerprint density at radius 3 is 1.46 bits per heavy atom. The van der Waals surface area contributed by atoms with E-state index < -0.39 is 0 Å². The minimum absolute atomic E-state index is 0.697. The monoisotopic (exact) mass is 661 g/mol. The van der Waals surface area contributed by atoms with E-state index in [9.17, 15) is 0 Å². The molecule has 0 aliphatic heterocycles. The highest BCUT2D eigenvalue weighted by atomic mass is 14.9. The maximum absolute atomic E-state index is 5.35. The normalized spacial score (nSPS) is 11.5.